The van der Waals surface area contributed by atoms with Gasteiger partial charge in [-0.2, -0.15) is 0 Å². The molecular formula is C13H29NO. The Hall–Kier alpha value is -0.0800. The van der Waals surface area contributed by atoms with Crippen LogP contribution in [0.15, 0.2) is 0 Å². The Kier molecular flexibility index (Phi) is 5.82. The molecule has 0 radical (unpaired) electrons. The molecular weight excluding hydrogens is 186 g/mol. The summed E-state index contributed by atoms with van der Waals surface area (Å²) in [5.41, 5.74) is -0.0286. The van der Waals surface area contributed by atoms with E-state index in [0.29, 0.717) is 12.0 Å². The molecule has 15 heavy (non-hydrogen) atoms. The Balaban J connectivity index is 4.40. The van der Waals surface area contributed by atoms with Gasteiger partial charge in [-0.05, 0) is 26.7 Å². The molecule has 0 aromatic rings. The van der Waals surface area contributed by atoms with Crippen LogP contribution in [0.25, 0.3) is 0 Å². The van der Waals surface area contributed by atoms with E-state index in [-0.39, 0.29) is 11.5 Å². The third-order valence-corrected chi connectivity index (χ3v) is 3.07. The van der Waals surface area contributed by atoms with Gasteiger partial charge in [0.25, 0.3) is 0 Å². The summed E-state index contributed by atoms with van der Waals surface area (Å²) in [7, 11) is 0. The lowest BCUT2D eigenvalue weighted by molar-refractivity contribution is 0.0225. The van der Waals surface area contributed by atoms with Crippen molar-refractivity contribution in [3.63, 3.8) is 0 Å². The zero-order valence-electron chi connectivity index (χ0n) is 11.5. The third-order valence-electron chi connectivity index (χ3n) is 3.07. The number of rotatable bonds is 6. The monoisotopic (exact) mass is 215 g/mol. The van der Waals surface area contributed by atoms with Gasteiger partial charge in [-0.1, -0.05) is 27.7 Å². The van der Waals surface area contributed by atoms with Crippen LogP contribution in [-0.4, -0.2) is 35.2 Å². The Morgan fingerprint density at radius 1 is 1.07 bits per heavy atom. The topological polar surface area (TPSA) is 23.5 Å². The van der Waals surface area contributed by atoms with E-state index in [0.717, 1.165) is 13.1 Å². The summed E-state index contributed by atoms with van der Waals surface area (Å²) >= 11 is 0. The van der Waals surface area contributed by atoms with E-state index < -0.39 is 0 Å². The molecule has 1 unspecified atom stereocenters. The van der Waals surface area contributed by atoms with E-state index in [1.54, 1.807) is 0 Å². The molecule has 0 aromatic carbocycles. The number of aliphatic hydroxyl groups excluding tert-OH is 1. The first-order chi connectivity index (χ1) is 6.66. The smallest absolute Gasteiger partial charge is 0.0575 e. The Morgan fingerprint density at radius 3 is 1.80 bits per heavy atom. The predicted octanol–water partition coefficient (Wildman–Crippen LogP) is 2.76. The molecule has 0 saturated carbocycles. The van der Waals surface area contributed by atoms with Crippen molar-refractivity contribution in [1.29, 1.82) is 0 Å². The Morgan fingerprint density at radius 2 is 1.53 bits per heavy atom. The highest BCUT2D eigenvalue weighted by atomic mass is 16.3. The first-order valence-electron chi connectivity index (χ1n) is 6.09. The van der Waals surface area contributed by atoms with Gasteiger partial charge in [0, 0.05) is 24.5 Å². The number of aliphatic hydroxyl groups is 1. The van der Waals surface area contributed by atoms with Crippen LogP contribution in [0, 0.1) is 11.3 Å². The van der Waals surface area contributed by atoms with Crippen molar-refractivity contribution in [3.8, 4) is 0 Å². The van der Waals surface area contributed by atoms with E-state index in [2.05, 4.69) is 46.4 Å². The van der Waals surface area contributed by atoms with Crippen LogP contribution in [-0.2, 0) is 0 Å². The second-order valence-electron chi connectivity index (χ2n) is 6.08. The van der Waals surface area contributed by atoms with Crippen molar-refractivity contribution in [2.24, 2.45) is 11.3 Å². The molecule has 1 N–H and O–H groups in total. The highest BCUT2D eigenvalue weighted by Crippen LogP contribution is 2.23. The lowest BCUT2D eigenvalue weighted by atomic mass is 9.86. The molecule has 2 heteroatoms. The van der Waals surface area contributed by atoms with Crippen LogP contribution in [0.5, 0.6) is 0 Å². The SMILES string of the molecule is CC(C)CN(CC(C)(C)C(C)O)C(C)C. The fourth-order valence-corrected chi connectivity index (χ4v) is 1.58. The zero-order chi connectivity index (χ0) is 12.2. The fourth-order valence-electron chi connectivity index (χ4n) is 1.58. The minimum Gasteiger partial charge on any atom is -0.393 e. The maximum atomic E-state index is 9.72. The third kappa shape index (κ3) is 5.53. The second-order valence-corrected chi connectivity index (χ2v) is 6.08. The Labute approximate surface area is 95.7 Å². The largest absolute Gasteiger partial charge is 0.393 e. The molecule has 92 valence electrons. The summed E-state index contributed by atoms with van der Waals surface area (Å²) in [5.74, 6) is 0.678. The zero-order valence-corrected chi connectivity index (χ0v) is 11.5. The minimum atomic E-state index is -0.258. The van der Waals surface area contributed by atoms with Gasteiger partial charge in [-0.25, -0.2) is 0 Å². The molecule has 0 aromatic heterocycles. The van der Waals surface area contributed by atoms with Gasteiger partial charge >= 0.3 is 0 Å². The Bertz CT molecular complexity index is 173. The number of hydrogen-bond acceptors (Lipinski definition) is 2. The van der Waals surface area contributed by atoms with Crippen LogP contribution in [0.4, 0.5) is 0 Å². The molecule has 1 atom stereocenters. The van der Waals surface area contributed by atoms with Crippen molar-refractivity contribution < 1.29 is 5.11 Å². The molecule has 0 fully saturated rings. The molecule has 0 saturated heterocycles. The first-order valence-corrected chi connectivity index (χ1v) is 6.09. The molecule has 0 aliphatic heterocycles. The maximum absolute atomic E-state index is 9.72. The predicted molar refractivity (Wildman–Crippen MR) is 67.0 cm³/mol. The molecule has 0 aliphatic carbocycles. The molecule has 0 heterocycles. The van der Waals surface area contributed by atoms with Crippen LogP contribution in [0.3, 0.4) is 0 Å². The van der Waals surface area contributed by atoms with Gasteiger partial charge in [-0.15, -0.1) is 0 Å². The summed E-state index contributed by atoms with van der Waals surface area (Å²) in [4.78, 5) is 2.46. The van der Waals surface area contributed by atoms with Crippen LogP contribution >= 0.6 is 0 Å². The van der Waals surface area contributed by atoms with E-state index >= 15 is 0 Å². The van der Waals surface area contributed by atoms with E-state index in [9.17, 15) is 5.11 Å². The second kappa shape index (κ2) is 5.86. The van der Waals surface area contributed by atoms with Crippen molar-refractivity contribution in [2.75, 3.05) is 13.1 Å². The molecule has 2 nitrogen and oxygen atoms in total. The first kappa shape index (κ1) is 14.9. The van der Waals surface area contributed by atoms with Crippen molar-refractivity contribution in [3.05, 3.63) is 0 Å². The highest BCUT2D eigenvalue weighted by Gasteiger charge is 2.28. The minimum absolute atomic E-state index is 0.0286. The van der Waals surface area contributed by atoms with Gasteiger partial charge in [0.05, 0.1) is 6.10 Å². The summed E-state index contributed by atoms with van der Waals surface area (Å²) in [6.07, 6.45) is -0.258. The van der Waals surface area contributed by atoms with Crippen molar-refractivity contribution >= 4 is 0 Å². The summed E-state index contributed by atoms with van der Waals surface area (Å²) in [5, 5.41) is 9.72. The average Bonchev–Trinajstić information content (AvgIpc) is 2.01. The standard InChI is InChI=1S/C13H29NO/c1-10(2)8-14(11(3)4)9-13(6,7)12(5)15/h10-12,15H,8-9H2,1-7H3. The normalized spacial score (nSPS) is 15.4. The van der Waals surface area contributed by atoms with Gasteiger partial charge in [0.2, 0.25) is 0 Å². The van der Waals surface area contributed by atoms with Crippen LogP contribution in [0.2, 0.25) is 0 Å². The lowest BCUT2D eigenvalue weighted by Gasteiger charge is -2.37. The summed E-state index contributed by atoms with van der Waals surface area (Å²) < 4.78 is 0. The lowest BCUT2D eigenvalue weighted by Crippen LogP contribution is -2.44. The maximum Gasteiger partial charge on any atom is 0.0575 e. The summed E-state index contributed by atoms with van der Waals surface area (Å²) in [6, 6.07) is 0.547. The van der Waals surface area contributed by atoms with Gasteiger partial charge in [0.15, 0.2) is 0 Å². The van der Waals surface area contributed by atoms with Gasteiger partial charge in [-0.3, -0.25) is 0 Å². The van der Waals surface area contributed by atoms with Crippen molar-refractivity contribution in [2.45, 2.75) is 60.6 Å². The van der Waals surface area contributed by atoms with Crippen LogP contribution in [0.1, 0.15) is 48.5 Å². The summed E-state index contributed by atoms with van der Waals surface area (Å²) in [6.45, 7) is 17.1. The van der Waals surface area contributed by atoms with Crippen molar-refractivity contribution in [1.82, 2.24) is 4.90 Å². The highest BCUT2D eigenvalue weighted by molar-refractivity contribution is 4.80. The van der Waals surface area contributed by atoms with E-state index in [1.165, 1.54) is 0 Å². The molecule has 0 rings (SSSR count). The van der Waals surface area contributed by atoms with E-state index in [4.69, 9.17) is 0 Å². The molecule has 0 bridgehead atoms. The average molecular weight is 215 g/mol. The molecule has 0 spiro atoms. The number of nitrogens with zero attached hydrogens (tertiary/aromatic N) is 1. The fraction of sp³-hybridized carbons (Fsp3) is 1.00. The van der Waals surface area contributed by atoms with Gasteiger partial charge < -0.3 is 10.0 Å². The van der Waals surface area contributed by atoms with Crippen LogP contribution < -0.4 is 0 Å². The quantitative estimate of drug-likeness (QED) is 0.736. The number of hydrogen-bond donors (Lipinski definition) is 1. The van der Waals surface area contributed by atoms with Gasteiger partial charge in [0.1, 0.15) is 0 Å². The van der Waals surface area contributed by atoms with E-state index in [1.807, 2.05) is 6.92 Å². The molecule has 0 amide bonds. The molecule has 0 aliphatic rings.